The number of amides is 1. The van der Waals surface area contributed by atoms with Crippen molar-refractivity contribution in [3.8, 4) is 0 Å². The summed E-state index contributed by atoms with van der Waals surface area (Å²) in [4.78, 5) is 19.0. The van der Waals surface area contributed by atoms with Gasteiger partial charge in [-0.05, 0) is 80.8 Å². The molecule has 1 amide bonds. The van der Waals surface area contributed by atoms with Gasteiger partial charge in [0.2, 0.25) is 5.91 Å². The van der Waals surface area contributed by atoms with E-state index in [0.717, 1.165) is 5.56 Å². The van der Waals surface area contributed by atoms with Crippen LogP contribution in [-0.4, -0.2) is 82.8 Å². The molecule has 2 heterocycles. The van der Waals surface area contributed by atoms with Crippen LogP contribution in [0.3, 0.4) is 0 Å². The topological polar surface area (TPSA) is 50.3 Å². The Morgan fingerprint density at radius 1 is 0.953 bits per heavy atom. The van der Waals surface area contributed by atoms with Crippen molar-refractivity contribution in [3.63, 3.8) is 0 Å². The van der Waals surface area contributed by atoms with E-state index in [1.165, 1.54) is 37.9 Å². The van der Waals surface area contributed by atoms with Crippen LogP contribution >= 0.6 is 0 Å². The second-order valence-electron chi connectivity index (χ2n) is 11.5. The predicted molar refractivity (Wildman–Crippen MR) is 146 cm³/mol. The number of piperidine rings is 1. The molecule has 1 N–H and O–H groups in total. The third kappa shape index (κ3) is 7.50. The van der Waals surface area contributed by atoms with E-state index in [9.17, 15) is 40.6 Å². The maximum Gasteiger partial charge on any atom is 0.416 e. The normalized spacial score (nSPS) is 22.6. The van der Waals surface area contributed by atoms with Crippen LogP contribution in [0.1, 0.15) is 66.6 Å². The zero-order valence-electron chi connectivity index (χ0n) is 24.5. The van der Waals surface area contributed by atoms with Gasteiger partial charge in [-0.25, -0.2) is 4.39 Å². The van der Waals surface area contributed by atoms with Crippen LogP contribution in [0.2, 0.25) is 0 Å². The lowest BCUT2D eigenvalue weighted by Gasteiger charge is -2.49. The Bertz CT molecular complexity index is 1260. The highest BCUT2D eigenvalue weighted by Gasteiger charge is 2.41. The molecule has 2 aliphatic heterocycles. The van der Waals surface area contributed by atoms with Gasteiger partial charge in [0.15, 0.2) is 6.35 Å². The second kappa shape index (κ2) is 12.7. The third-order valence-electron chi connectivity index (χ3n) is 8.85. The van der Waals surface area contributed by atoms with E-state index < -0.39 is 47.7 Å². The molecule has 2 aromatic carbocycles. The lowest BCUT2D eigenvalue weighted by molar-refractivity contribution is -0.152. The first-order valence-electron chi connectivity index (χ1n) is 14.2. The molecule has 2 aromatic rings. The van der Waals surface area contributed by atoms with E-state index in [4.69, 9.17) is 0 Å². The number of carbonyl (C=O) groups is 1. The Labute approximate surface area is 246 Å². The first kappa shape index (κ1) is 33.2. The summed E-state index contributed by atoms with van der Waals surface area (Å²) in [5, 5.41) is 11.6. The lowest BCUT2D eigenvalue weighted by Crippen LogP contribution is -2.57. The van der Waals surface area contributed by atoms with Crippen molar-refractivity contribution in [2.45, 2.75) is 70.4 Å². The molecular weight excluding hydrogens is 581 g/mol. The molecule has 0 spiro atoms. The van der Waals surface area contributed by atoms with Gasteiger partial charge in [0.1, 0.15) is 5.82 Å². The summed E-state index contributed by atoms with van der Waals surface area (Å²) in [6, 6.07) is 4.46. The summed E-state index contributed by atoms with van der Waals surface area (Å²) in [5.41, 5.74) is -1.65. The summed E-state index contributed by atoms with van der Waals surface area (Å²) in [5.74, 6) is -0.408. The van der Waals surface area contributed by atoms with E-state index in [1.807, 2.05) is 0 Å². The zero-order chi connectivity index (χ0) is 31.9. The summed E-state index contributed by atoms with van der Waals surface area (Å²) in [7, 11) is 1.45. The average Bonchev–Trinajstić information content (AvgIpc) is 2.94. The Morgan fingerprint density at radius 3 is 2.05 bits per heavy atom. The first-order chi connectivity index (χ1) is 20.0. The average molecular weight is 619 g/mol. The maximum atomic E-state index is 14.0. The standard InChI is InChI=1S/C30H37F7N4O2/c1-18-13-24(31)5-6-26(18)27-17-25(40-11-9-39(10-12-40)20(3)42)7-8-41(27)28(43)38(4)19(2)21-14-22(29(32,33)34)16-23(15-21)30(35,36)37/h5-6,13-16,19,25,27-28,43H,7-12,17H2,1-4H3. The fourth-order valence-corrected chi connectivity index (χ4v) is 6.18. The maximum absolute atomic E-state index is 14.0. The monoisotopic (exact) mass is 618 g/mol. The molecule has 0 saturated carbocycles. The van der Waals surface area contributed by atoms with Crippen molar-refractivity contribution in [1.29, 1.82) is 0 Å². The van der Waals surface area contributed by atoms with Crippen LogP contribution in [0, 0.1) is 12.7 Å². The molecule has 0 radical (unpaired) electrons. The van der Waals surface area contributed by atoms with Gasteiger partial charge in [-0.2, -0.15) is 26.3 Å². The Kier molecular flexibility index (Phi) is 9.80. The van der Waals surface area contributed by atoms with Crippen LogP contribution in [-0.2, 0) is 17.1 Å². The number of alkyl halides is 6. The molecule has 13 heteroatoms. The molecule has 2 saturated heterocycles. The van der Waals surface area contributed by atoms with Crippen LogP contribution in [0.25, 0.3) is 0 Å². The number of aryl methyl sites for hydroxylation is 1. The molecular formula is C30H37F7N4O2. The molecule has 43 heavy (non-hydrogen) atoms. The molecule has 4 atom stereocenters. The minimum Gasteiger partial charge on any atom is -0.365 e. The van der Waals surface area contributed by atoms with Gasteiger partial charge in [0.05, 0.1) is 11.1 Å². The number of likely N-dealkylation sites (tertiary alicyclic amines) is 1. The van der Waals surface area contributed by atoms with Crippen molar-refractivity contribution in [3.05, 3.63) is 70.0 Å². The number of halogens is 7. The van der Waals surface area contributed by atoms with E-state index in [0.29, 0.717) is 63.3 Å². The van der Waals surface area contributed by atoms with Crippen LogP contribution in [0.4, 0.5) is 30.7 Å². The van der Waals surface area contributed by atoms with Gasteiger partial charge in [0, 0.05) is 57.8 Å². The number of aliphatic hydroxyl groups is 1. The number of nitrogens with zero attached hydrogens (tertiary/aromatic N) is 4. The lowest BCUT2D eigenvalue weighted by atomic mass is 9.88. The number of piperazine rings is 1. The molecule has 4 unspecified atom stereocenters. The van der Waals surface area contributed by atoms with Crippen molar-refractivity contribution in [1.82, 2.24) is 19.6 Å². The summed E-state index contributed by atoms with van der Waals surface area (Å²) < 4.78 is 95.1. The van der Waals surface area contributed by atoms with Gasteiger partial charge in [-0.1, -0.05) is 6.07 Å². The zero-order valence-corrected chi connectivity index (χ0v) is 24.5. The minimum atomic E-state index is -4.99. The summed E-state index contributed by atoms with van der Waals surface area (Å²) in [6.07, 6.45) is -10.2. The van der Waals surface area contributed by atoms with E-state index in [2.05, 4.69) is 4.90 Å². The second-order valence-corrected chi connectivity index (χ2v) is 11.5. The van der Waals surface area contributed by atoms with Crippen LogP contribution in [0.15, 0.2) is 36.4 Å². The highest BCUT2D eigenvalue weighted by molar-refractivity contribution is 5.73. The minimum absolute atomic E-state index is 0.0117. The third-order valence-corrected chi connectivity index (χ3v) is 8.85. The van der Waals surface area contributed by atoms with Gasteiger partial charge in [-0.15, -0.1) is 0 Å². The molecule has 4 rings (SSSR count). The Hall–Kier alpha value is -2.74. The fourth-order valence-electron chi connectivity index (χ4n) is 6.18. The largest absolute Gasteiger partial charge is 0.416 e. The molecule has 0 bridgehead atoms. The summed E-state index contributed by atoms with van der Waals surface area (Å²) in [6.45, 7) is 7.64. The number of rotatable bonds is 6. The van der Waals surface area contributed by atoms with Crippen molar-refractivity contribution < 1.29 is 40.6 Å². The number of aliphatic hydroxyl groups excluding tert-OH is 1. The Balaban J connectivity index is 1.62. The van der Waals surface area contributed by atoms with Gasteiger partial charge in [0.25, 0.3) is 0 Å². The SMILES string of the molecule is CC(=O)N1CCN(C2CCN(C(O)N(C)C(C)c3cc(C(F)(F)F)cc(C(F)(F)F)c3)C(c3ccc(F)cc3C)C2)CC1. The van der Waals surface area contributed by atoms with Gasteiger partial charge in [-0.3, -0.25) is 19.5 Å². The van der Waals surface area contributed by atoms with Crippen molar-refractivity contribution in [2.75, 3.05) is 39.8 Å². The van der Waals surface area contributed by atoms with Crippen LogP contribution < -0.4 is 0 Å². The molecule has 238 valence electrons. The highest BCUT2D eigenvalue weighted by atomic mass is 19.4. The van der Waals surface area contributed by atoms with E-state index in [1.54, 1.807) is 22.8 Å². The highest BCUT2D eigenvalue weighted by Crippen LogP contribution is 2.40. The number of hydrogen-bond acceptors (Lipinski definition) is 5. The number of carbonyl (C=O) groups excluding carboxylic acids is 1. The summed E-state index contributed by atoms with van der Waals surface area (Å²) >= 11 is 0. The molecule has 2 aliphatic rings. The quantitative estimate of drug-likeness (QED) is 0.327. The predicted octanol–water partition coefficient (Wildman–Crippen LogP) is 5.81. The number of benzene rings is 2. The number of hydrogen-bond donors (Lipinski definition) is 1. The van der Waals surface area contributed by atoms with Gasteiger partial charge >= 0.3 is 12.4 Å². The van der Waals surface area contributed by atoms with E-state index in [-0.39, 0.29) is 23.6 Å². The fraction of sp³-hybridized carbons (Fsp3) is 0.567. The first-order valence-corrected chi connectivity index (χ1v) is 14.2. The van der Waals surface area contributed by atoms with Crippen LogP contribution in [0.5, 0.6) is 0 Å². The molecule has 0 aromatic heterocycles. The molecule has 0 aliphatic carbocycles. The Morgan fingerprint density at radius 2 is 1.53 bits per heavy atom. The smallest absolute Gasteiger partial charge is 0.365 e. The molecule has 2 fully saturated rings. The van der Waals surface area contributed by atoms with Crippen molar-refractivity contribution in [2.24, 2.45) is 0 Å². The molecule has 6 nitrogen and oxygen atoms in total. The van der Waals surface area contributed by atoms with Gasteiger partial charge < -0.3 is 10.0 Å². The van der Waals surface area contributed by atoms with E-state index >= 15 is 0 Å². The van der Waals surface area contributed by atoms with Crippen molar-refractivity contribution >= 4 is 5.91 Å².